The molecule has 0 aliphatic heterocycles. The van der Waals surface area contributed by atoms with Gasteiger partial charge in [0.05, 0.1) is 5.92 Å². The number of esters is 1. The van der Waals surface area contributed by atoms with E-state index in [1.807, 2.05) is 6.92 Å². The quantitative estimate of drug-likeness (QED) is 0.570. The molecule has 6 heteroatoms. The van der Waals surface area contributed by atoms with Gasteiger partial charge in [-0.05, 0) is 19.3 Å². The molecule has 0 unspecified atom stereocenters. The number of hydrogen-bond donors (Lipinski definition) is 1. The lowest BCUT2D eigenvalue weighted by molar-refractivity contribution is -0.177. The Labute approximate surface area is 105 Å². The van der Waals surface area contributed by atoms with Crippen molar-refractivity contribution >= 4 is 5.97 Å². The molecular formula is C12H20F3NO2. The highest BCUT2D eigenvalue weighted by atomic mass is 19.4. The summed E-state index contributed by atoms with van der Waals surface area (Å²) in [5.74, 6) is -2.06. The molecule has 0 bridgehead atoms. The lowest BCUT2D eigenvalue weighted by Gasteiger charge is -2.24. The number of nitrogens with two attached hydrogens (primary N) is 1. The largest absolute Gasteiger partial charge is 0.462 e. The molecule has 1 aliphatic carbocycles. The van der Waals surface area contributed by atoms with Crippen molar-refractivity contribution in [2.45, 2.75) is 63.8 Å². The molecule has 0 aromatic heterocycles. The summed E-state index contributed by atoms with van der Waals surface area (Å²) in [6.07, 6.45) is -0.886. The molecule has 0 aromatic rings. The Balaban J connectivity index is 2.57. The normalized spacial score (nSPS) is 19.4. The first-order valence-corrected chi connectivity index (χ1v) is 6.39. The Hall–Kier alpha value is -0.780. The zero-order valence-corrected chi connectivity index (χ0v) is 10.5. The predicted octanol–water partition coefficient (Wildman–Crippen LogP) is 2.78. The van der Waals surface area contributed by atoms with Gasteiger partial charge in [0.2, 0.25) is 0 Å². The van der Waals surface area contributed by atoms with Crippen LogP contribution < -0.4 is 5.73 Å². The third-order valence-electron chi connectivity index (χ3n) is 3.04. The van der Waals surface area contributed by atoms with Crippen LogP contribution >= 0.6 is 0 Å². The van der Waals surface area contributed by atoms with Crippen LogP contribution in [0.4, 0.5) is 13.2 Å². The maximum Gasteiger partial charge on any atom is 0.404 e. The van der Waals surface area contributed by atoms with Crippen LogP contribution in [0.5, 0.6) is 0 Å². The third kappa shape index (κ3) is 4.84. The molecule has 1 aliphatic rings. The minimum atomic E-state index is -4.56. The SMILES string of the molecule is CCCCC[C@@H](C(=O)OC1CC1)[C@@H](N)C(F)(F)F. The topological polar surface area (TPSA) is 52.3 Å². The number of carbonyl (C=O) groups excluding carboxylic acids is 1. The molecule has 1 saturated carbocycles. The molecule has 2 N–H and O–H groups in total. The summed E-state index contributed by atoms with van der Waals surface area (Å²) < 4.78 is 42.7. The summed E-state index contributed by atoms with van der Waals surface area (Å²) in [6.45, 7) is 1.95. The van der Waals surface area contributed by atoms with Crippen LogP contribution in [-0.4, -0.2) is 24.3 Å². The fourth-order valence-corrected chi connectivity index (χ4v) is 1.72. The Morgan fingerprint density at radius 1 is 1.39 bits per heavy atom. The average molecular weight is 267 g/mol. The molecule has 0 saturated heterocycles. The van der Waals surface area contributed by atoms with Gasteiger partial charge in [0.25, 0.3) is 0 Å². The molecule has 1 rings (SSSR count). The van der Waals surface area contributed by atoms with Gasteiger partial charge >= 0.3 is 12.1 Å². The summed E-state index contributed by atoms with van der Waals surface area (Å²) in [4.78, 5) is 11.7. The van der Waals surface area contributed by atoms with Crippen molar-refractivity contribution in [2.75, 3.05) is 0 Å². The summed E-state index contributed by atoms with van der Waals surface area (Å²) in [5.41, 5.74) is 5.15. The minimum absolute atomic E-state index is 0.139. The maximum atomic E-state index is 12.6. The molecule has 1 fully saturated rings. The Kier molecular flexibility index (Phi) is 5.44. The van der Waals surface area contributed by atoms with E-state index in [2.05, 4.69) is 0 Å². The van der Waals surface area contributed by atoms with Gasteiger partial charge in [0.1, 0.15) is 12.1 Å². The second-order valence-corrected chi connectivity index (χ2v) is 4.81. The van der Waals surface area contributed by atoms with Crippen LogP contribution in [0.1, 0.15) is 45.4 Å². The molecule has 3 nitrogen and oxygen atoms in total. The monoisotopic (exact) mass is 267 g/mol. The third-order valence-corrected chi connectivity index (χ3v) is 3.04. The van der Waals surface area contributed by atoms with Crippen LogP contribution in [0.2, 0.25) is 0 Å². The summed E-state index contributed by atoms with van der Waals surface area (Å²) in [7, 11) is 0. The number of carbonyl (C=O) groups is 1. The van der Waals surface area contributed by atoms with E-state index >= 15 is 0 Å². The van der Waals surface area contributed by atoms with Crippen molar-refractivity contribution in [3.8, 4) is 0 Å². The zero-order chi connectivity index (χ0) is 13.8. The van der Waals surface area contributed by atoms with Gasteiger partial charge in [-0.15, -0.1) is 0 Å². The van der Waals surface area contributed by atoms with E-state index in [0.717, 1.165) is 25.7 Å². The standard InChI is InChI=1S/C12H20F3NO2/c1-2-3-4-5-9(10(16)12(13,14)15)11(17)18-8-6-7-8/h8-10H,2-7,16H2,1H3/t9-,10-/m1/s1. The first kappa shape index (κ1) is 15.3. The van der Waals surface area contributed by atoms with Crippen molar-refractivity contribution in [1.29, 1.82) is 0 Å². The van der Waals surface area contributed by atoms with Gasteiger partial charge in [0.15, 0.2) is 0 Å². The van der Waals surface area contributed by atoms with Crippen LogP contribution in [0.15, 0.2) is 0 Å². The van der Waals surface area contributed by atoms with Crippen molar-refractivity contribution in [1.82, 2.24) is 0 Å². The predicted molar refractivity (Wildman–Crippen MR) is 60.8 cm³/mol. The summed E-state index contributed by atoms with van der Waals surface area (Å²) in [6, 6.07) is -2.12. The van der Waals surface area contributed by atoms with Gasteiger partial charge in [0, 0.05) is 0 Å². The number of unbranched alkanes of at least 4 members (excludes halogenated alkanes) is 2. The van der Waals surface area contributed by atoms with E-state index in [0.29, 0.717) is 6.42 Å². The molecular weight excluding hydrogens is 247 g/mol. The lowest BCUT2D eigenvalue weighted by Crippen LogP contribution is -2.47. The second-order valence-electron chi connectivity index (χ2n) is 4.81. The number of halogens is 3. The highest BCUT2D eigenvalue weighted by molar-refractivity contribution is 5.73. The first-order chi connectivity index (χ1) is 8.36. The summed E-state index contributed by atoms with van der Waals surface area (Å²) >= 11 is 0. The van der Waals surface area contributed by atoms with E-state index in [4.69, 9.17) is 10.5 Å². The highest BCUT2D eigenvalue weighted by Crippen LogP contribution is 2.31. The molecule has 0 amide bonds. The number of hydrogen-bond acceptors (Lipinski definition) is 3. The number of ether oxygens (including phenoxy) is 1. The van der Waals surface area contributed by atoms with Crippen molar-refractivity contribution < 1.29 is 22.7 Å². The molecule has 106 valence electrons. The van der Waals surface area contributed by atoms with Gasteiger partial charge in [-0.25, -0.2) is 0 Å². The summed E-state index contributed by atoms with van der Waals surface area (Å²) in [5, 5.41) is 0. The van der Waals surface area contributed by atoms with E-state index in [1.165, 1.54) is 0 Å². The lowest BCUT2D eigenvalue weighted by atomic mass is 9.93. The van der Waals surface area contributed by atoms with E-state index in [9.17, 15) is 18.0 Å². The fraction of sp³-hybridized carbons (Fsp3) is 0.917. The van der Waals surface area contributed by atoms with E-state index in [1.54, 1.807) is 0 Å². The Morgan fingerprint density at radius 2 is 2.00 bits per heavy atom. The fourth-order valence-electron chi connectivity index (χ4n) is 1.72. The molecule has 0 heterocycles. The highest BCUT2D eigenvalue weighted by Gasteiger charge is 2.46. The number of rotatable bonds is 7. The minimum Gasteiger partial charge on any atom is -0.462 e. The molecule has 18 heavy (non-hydrogen) atoms. The van der Waals surface area contributed by atoms with Gasteiger partial charge in [-0.2, -0.15) is 13.2 Å². The van der Waals surface area contributed by atoms with Crippen LogP contribution in [0.25, 0.3) is 0 Å². The van der Waals surface area contributed by atoms with Crippen LogP contribution in [0.3, 0.4) is 0 Å². The Morgan fingerprint density at radius 3 is 2.44 bits per heavy atom. The maximum absolute atomic E-state index is 12.6. The number of alkyl halides is 3. The Bertz CT molecular complexity index is 277. The van der Waals surface area contributed by atoms with Crippen molar-refractivity contribution in [3.05, 3.63) is 0 Å². The molecule has 2 atom stereocenters. The van der Waals surface area contributed by atoms with E-state index in [-0.39, 0.29) is 12.5 Å². The van der Waals surface area contributed by atoms with Crippen molar-refractivity contribution in [2.24, 2.45) is 11.7 Å². The second kappa shape index (κ2) is 6.41. The molecule has 0 spiro atoms. The molecule has 0 aromatic carbocycles. The van der Waals surface area contributed by atoms with Crippen LogP contribution in [-0.2, 0) is 9.53 Å². The average Bonchev–Trinajstić information content (AvgIpc) is 3.06. The zero-order valence-electron chi connectivity index (χ0n) is 10.5. The van der Waals surface area contributed by atoms with Gasteiger partial charge < -0.3 is 10.5 Å². The van der Waals surface area contributed by atoms with E-state index < -0.39 is 24.1 Å². The van der Waals surface area contributed by atoms with Crippen LogP contribution in [0, 0.1) is 5.92 Å². The van der Waals surface area contributed by atoms with Gasteiger partial charge in [-0.1, -0.05) is 26.2 Å². The smallest absolute Gasteiger partial charge is 0.404 e. The molecule has 0 radical (unpaired) electrons. The van der Waals surface area contributed by atoms with Crippen molar-refractivity contribution in [3.63, 3.8) is 0 Å². The first-order valence-electron chi connectivity index (χ1n) is 6.39. The van der Waals surface area contributed by atoms with Gasteiger partial charge in [-0.3, -0.25) is 4.79 Å².